The normalized spacial score (nSPS) is 17.8. The highest BCUT2D eigenvalue weighted by Gasteiger charge is 2.30. The number of hydrogen-bond acceptors (Lipinski definition) is 2. The van der Waals surface area contributed by atoms with Crippen molar-refractivity contribution < 1.29 is 4.79 Å². The van der Waals surface area contributed by atoms with Gasteiger partial charge in [-0.15, -0.1) is 0 Å². The summed E-state index contributed by atoms with van der Waals surface area (Å²) in [7, 11) is 2.04. The third-order valence-electron chi connectivity index (χ3n) is 4.42. The lowest BCUT2D eigenvalue weighted by molar-refractivity contribution is 0.567. The molecule has 0 aliphatic heterocycles. The molecular formula is C17H15N3O. The van der Waals surface area contributed by atoms with Gasteiger partial charge in [-0.1, -0.05) is 18.2 Å². The average Bonchev–Trinajstić information content (AvgIpc) is 3.11. The van der Waals surface area contributed by atoms with Gasteiger partial charge < -0.3 is 9.55 Å². The fraction of sp³-hybridized carbons (Fsp3) is 0.235. The summed E-state index contributed by atoms with van der Waals surface area (Å²) in [6.45, 7) is 0. The number of nitrogens with one attached hydrogen (secondary N) is 1. The Morgan fingerprint density at radius 3 is 3.10 bits per heavy atom. The fourth-order valence-corrected chi connectivity index (χ4v) is 3.42. The molecule has 0 radical (unpaired) electrons. The lowest BCUT2D eigenvalue weighted by atomic mass is 9.81. The van der Waals surface area contributed by atoms with Crippen molar-refractivity contribution in [2.45, 2.75) is 18.8 Å². The summed E-state index contributed by atoms with van der Waals surface area (Å²) < 4.78 is 2.12. The quantitative estimate of drug-likeness (QED) is 0.695. The number of benzene rings is 1. The first-order valence-electron chi connectivity index (χ1n) is 7.11. The predicted molar refractivity (Wildman–Crippen MR) is 81.7 cm³/mol. The molecule has 1 atom stereocenters. The second-order valence-electron chi connectivity index (χ2n) is 5.55. The van der Waals surface area contributed by atoms with E-state index < -0.39 is 0 Å². The Labute approximate surface area is 122 Å². The van der Waals surface area contributed by atoms with Crippen LogP contribution in [0.3, 0.4) is 0 Å². The molecule has 3 aromatic rings. The number of aryl methyl sites for hydroxylation is 2. The number of allylic oxidation sites excluding steroid dienone is 1. The smallest absolute Gasteiger partial charge is 0.130 e. The number of imidazole rings is 1. The molecule has 0 amide bonds. The van der Waals surface area contributed by atoms with E-state index >= 15 is 0 Å². The molecule has 0 spiro atoms. The average molecular weight is 277 g/mol. The van der Waals surface area contributed by atoms with Crippen molar-refractivity contribution in [3.8, 4) is 0 Å². The summed E-state index contributed by atoms with van der Waals surface area (Å²) in [4.78, 5) is 19.0. The number of H-pyrrole nitrogens is 1. The molecule has 2 aromatic heterocycles. The summed E-state index contributed by atoms with van der Waals surface area (Å²) in [5.41, 5.74) is 4.89. The number of carbonyl (C=O) groups excluding carboxylic acids is 1. The maximum Gasteiger partial charge on any atom is 0.130 e. The summed E-state index contributed by atoms with van der Waals surface area (Å²) >= 11 is 0. The Bertz CT molecular complexity index is 880. The molecule has 1 aromatic carbocycles. The van der Waals surface area contributed by atoms with E-state index in [4.69, 9.17) is 0 Å². The zero-order valence-corrected chi connectivity index (χ0v) is 11.8. The van der Waals surface area contributed by atoms with Gasteiger partial charge in [-0.25, -0.2) is 9.78 Å². The van der Waals surface area contributed by atoms with E-state index in [9.17, 15) is 4.79 Å². The first-order chi connectivity index (χ1) is 10.3. The van der Waals surface area contributed by atoms with Crippen LogP contribution < -0.4 is 0 Å². The SMILES string of the molecule is Cn1cc([C@H]2CCc3[nH]cnc3C2=C=O)c2ccccc21. The summed E-state index contributed by atoms with van der Waals surface area (Å²) in [6.07, 6.45) is 5.61. The van der Waals surface area contributed by atoms with Gasteiger partial charge in [0.1, 0.15) is 5.94 Å². The van der Waals surface area contributed by atoms with Crippen molar-refractivity contribution in [3.05, 3.63) is 53.7 Å². The molecular weight excluding hydrogens is 262 g/mol. The summed E-state index contributed by atoms with van der Waals surface area (Å²) in [5, 5.41) is 1.21. The maximum absolute atomic E-state index is 11.5. The Balaban J connectivity index is 1.92. The highest BCUT2D eigenvalue weighted by Crippen LogP contribution is 2.41. The molecule has 1 aliphatic rings. The number of hydrogen-bond donors (Lipinski definition) is 1. The first kappa shape index (κ1) is 12.2. The molecule has 21 heavy (non-hydrogen) atoms. The van der Waals surface area contributed by atoms with Gasteiger partial charge in [0.15, 0.2) is 0 Å². The monoisotopic (exact) mass is 277 g/mol. The molecule has 0 unspecified atom stereocenters. The second-order valence-corrected chi connectivity index (χ2v) is 5.55. The van der Waals surface area contributed by atoms with E-state index in [-0.39, 0.29) is 5.92 Å². The first-order valence-corrected chi connectivity index (χ1v) is 7.11. The van der Waals surface area contributed by atoms with Crippen molar-refractivity contribution >= 4 is 22.4 Å². The van der Waals surface area contributed by atoms with Crippen molar-refractivity contribution in [1.29, 1.82) is 0 Å². The minimum atomic E-state index is 0.0735. The third kappa shape index (κ3) is 1.70. The van der Waals surface area contributed by atoms with Crippen LogP contribution in [0.5, 0.6) is 0 Å². The maximum atomic E-state index is 11.5. The second kappa shape index (κ2) is 4.47. The topological polar surface area (TPSA) is 50.7 Å². The van der Waals surface area contributed by atoms with Crippen LogP contribution in [0.25, 0.3) is 16.5 Å². The Kier molecular flexibility index (Phi) is 2.59. The van der Waals surface area contributed by atoms with E-state index in [1.165, 1.54) is 16.5 Å². The lowest BCUT2D eigenvalue weighted by Crippen LogP contribution is -2.12. The molecule has 1 aliphatic carbocycles. The van der Waals surface area contributed by atoms with E-state index in [1.807, 2.05) is 19.2 Å². The molecule has 4 nitrogen and oxygen atoms in total. The molecule has 0 saturated carbocycles. The molecule has 4 rings (SSSR count). The van der Waals surface area contributed by atoms with Crippen molar-refractivity contribution in [2.24, 2.45) is 7.05 Å². The number of nitrogens with zero attached hydrogens (tertiary/aromatic N) is 2. The van der Waals surface area contributed by atoms with Crippen molar-refractivity contribution in [2.75, 3.05) is 0 Å². The van der Waals surface area contributed by atoms with E-state index in [0.717, 1.165) is 24.2 Å². The van der Waals surface area contributed by atoms with E-state index in [2.05, 4.69) is 38.8 Å². The van der Waals surface area contributed by atoms with Crippen LogP contribution in [-0.4, -0.2) is 20.5 Å². The number of rotatable bonds is 1. The predicted octanol–water partition coefficient (Wildman–Crippen LogP) is 2.85. The van der Waals surface area contributed by atoms with E-state index in [0.29, 0.717) is 5.57 Å². The molecule has 0 saturated heterocycles. The van der Waals surface area contributed by atoms with Gasteiger partial charge in [0.05, 0.1) is 17.6 Å². The minimum absolute atomic E-state index is 0.0735. The highest BCUT2D eigenvalue weighted by molar-refractivity contribution is 5.95. The van der Waals surface area contributed by atoms with Crippen LogP contribution >= 0.6 is 0 Å². The van der Waals surface area contributed by atoms with Crippen LogP contribution in [0.2, 0.25) is 0 Å². The van der Waals surface area contributed by atoms with E-state index in [1.54, 1.807) is 6.33 Å². The minimum Gasteiger partial charge on any atom is -0.350 e. The Hall–Kier alpha value is -2.58. The van der Waals surface area contributed by atoms with Crippen molar-refractivity contribution in [3.63, 3.8) is 0 Å². The van der Waals surface area contributed by atoms with Gasteiger partial charge in [0.25, 0.3) is 0 Å². The number of fused-ring (bicyclic) bond motifs is 2. The zero-order valence-electron chi connectivity index (χ0n) is 11.8. The van der Waals surface area contributed by atoms with Crippen LogP contribution in [-0.2, 0) is 18.3 Å². The Morgan fingerprint density at radius 2 is 2.24 bits per heavy atom. The third-order valence-corrected chi connectivity index (χ3v) is 4.42. The van der Waals surface area contributed by atoms with Gasteiger partial charge in [0.2, 0.25) is 0 Å². The van der Waals surface area contributed by atoms with Crippen LogP contribution in [0, 0.1) is 0 Å². The molecule has 1 N–H and O–H groups in total. The number of para-hydroxylation sites is 1. The highest BCUT2D eigenvalue weighted by atomic mass is 16.1. The van der Waals surface area contributed by atoms with Gasteiger partial charge in [-0.05, 0) is 24.5 Å². The lowest BCUT2D eigenvalue weighted by Gasteiger charge is -2.22. The Morgan fingerprint density at radius 1 is 1.38 bits per heavy atom. The van der Waals surface area contributed by atoms with Crippen molar-refractivity contribution in [1.82, 2.24) is 14.5 Å². The molecule has 4 heteroatoms. The fourth-order valence-electron chi connectivity index (χ4n) is 3.42. The standard InChI is InChI=1S/C17H15N3O/c1-20-8-13(12-4-2-3-5-16(12)20)11-6-7-15-17(14(11)9-21)19-10-18-15/h2-5,8,10-11H,6-7H2,1H3,(H,18,19)/t11-/m1/s1. The molecule has 0 bridgehead atoms. The molecule has 2 heterocycles. The van der Waals surface area contributed by atoms with Gasteiger partial charge in [0, 0.05) is 35.8 Å². The number of aromatic amines is 1. The zero-order chi connectivity index (χ0) is 14.4. The molecule has 0 fully saturated rings. The summed E-state index contributed by atoms with van der Waals surface area (Å²) in [6, 6.07) is 8.30. The molecule has 104 valence electrons. The van der Waals surface area contributed by atoms with Gasteiger partial charge >= 0.3 is 0 Å². The van der Waals surface area contributed by atoms with Gasteiger partial charge in [-0.2, -0.15) is 0 Å². The van der Waals surface area contributed by atoms with Gasteiger partial charge in [-0.3, -0.25) is 0 Å². The largest absolute Gasteiger partial charge is 0.350 e. The summed E-state index contributed by atoms with van der Waals surface area (Å²) in [5.74, 6) is 2.22. The van der Waals surface area contributed by atoms with Crippen LogP contribution in [0.1, 0.15) is 29.3 Å². The number of aromatic nitrogens is 3. The van der Waals surface area contributed by atoms with Crippen LogP contribution in [0.4, 0.5) is 0 Å². The van der Waals surface area contributed by atoms with Crippen LogP contribution in [0.15, 0.2) is 36.8 Å².